The van der Waals surface area contributed by atoms with Crippen LogP contribution in [0.1, 0.15) is 18.4 Å². The normalized spacial score (nSPS) is 21.3. The van der Waals surface area contributed by atoms with Gasteiger partial charge in [-0.25, -0.2) is 8.42 Å². The van der Waals surface area contributed by atoms with E-state index in [9.17, 15) is 13.2 Å². The minimum Gasteiger partial charge on any atom is -0.468 e. The van der Waals surface area contributed by atoms with Crippen LogP contribution in [0, 0.1) is 0 Å². The standard InChI is InChI=1S/C16H20O6S/c1-20-14(17)16(11-22-12-16)23(18,19)15(7-8-15)10-21-9-13-5-3-2-4-6-13/h2-6H,7-12H2,1H3. The largest absolute Gasteiger partial charge is 0.468 e. The zero-order valence-electron chi connectivity index (χ0n) is 13.0. The Labute approximate surface area is 135 Å². The summed E-state index contributed by atoms with van der Waals surface area (Å²) in [5.74, 6) is -0.738. The van der Waals surface area contributed by atoms with Gasteiger partial charge in [0.15, 0.2) is 9.84 Å². The molecule has 1 saturated carbocycles. The Morgan fingerprint density at radius 1 is 1.22 bits per heavy atom. The van der Waals surface area contributed by atoms with Crippen LogP contribution in [0.15, 0.2) is 30.3 Å². The van der Waals surface area contributed by atoms with Gasteiger partial charge in [-0.15, -0.1) is 0 Å². The number of carbonyl (C=O) groups excluding carboxylic acids is 1. The molecule has 0 aromatic heterocycles. The van der Waals surface area contributed by atoms with Gasteiger partial charge in [0.2, 0.25) is 4.75 Å². The van der Waals surface area contributed by atoms with Crippen molar-refractivity contribution < 1.29 is 27.4 Å². The Kier molecular flexibility index (Phi) is 4.20. The molecule has 1 aliphatic carbocycles. The SMILES string of the molecule is COC(=O)C1(S(=O)(=O)C2(COCc3ccccc3)CC2)COC1. The lowest BCUT2D eigenvalue weighted by molar-refractivity contribution is -0.156. The monoisotopic (exact) mass is 340 g/mol. The second-order valence-electron chi connectivity index (χ2n) is 6.14. The molecule has 0 radical (unpaired) electrons. The van der Waals surface area contributed by atoms with Crippen molar-refractivity contribution in [2.75, 3.05) is 26.9 Å². The third-order valence-electron chi connectivity index (χ3n) is 4.60. The Balaban J connectivity index is 1.71. The first-order chi connectivity index (χ1) is 11.0. The van der Waals surface area contributed by atoms with E-state index in [2.05, 4.69) is 0 Å². The van der Waals surface area contributed by atoms with Crippen molar-refractivity contribution in [1.29, 1.82) is 0 Å². The van der Waals surface area contributed by atoms with E-state index in [-0.39, 0.29) is 19.8 Å². The molecule has 0 N–H and O–H groups in total. The lowest BCUT2D eigenvalue weighted by Gasteiger charge is -2.40. The van der Waals surface area contributed by atoms with Gasteiger partial charge < -0.3 is 14.2 Å². The molecule has 3 rings (SSSR count). The van der Waals surface area contributed by atoms with Crippen LogP contribution >= 0.6 is 0 Å². The number of carbonyl (C=O) groups is 1. The third kappa shape index (κ3) is 2.56. The van der Waals surface area contributed by atoms with Crippen molar-refractivity contribution in [2.24, 2.45) is 0 Å². The van der Waals surface area contributed by atoms with Gasteiger partial charge >= 0.3 is 5.97 Å². The van der Waals surface area contributed by atoms with E-state index in [1.807, 2.05) is 30.3 Å². The molecule has 23 heavy (non-hydrogen) atoms. The average molecular weight is 340 g/mol. The van der Waals surface area contributed by atoms with E-state index in [0.717, 1.165) is 5.56 Å². The van der Waals surface area contributed by atoms with Crippen LogP contribution in [0.2, 0.25) is 0 Å². The molecule has 1 aromatic carbocycles. The van der Waals surface area contributed by atoms with Crippen LogP contribution in [-0.2, 0) is 35.4 Å². The molecule has 1 aromatic rings. The fourth-order valence-electron chi connectivity index (χ4n) is 2.83. The molecule has 1 aliphatic heterocycles. The van der Waals surface area contributed by atoms with Gasteiger partial charge in [-0.2, -0.15) is 0 Å². The van der Waals surface area contributed by atoms with Crippen molar-refractivity contribution in [1.82, 2.24) is 0 Å². The molecule has 0 spiro atoms. The maximum absolute atomic E-state index is 13.0. The minimum atomic E-state index is -3.74. The molecule has 0 amide bonds. The van der Waals surface area contributed by atoms with E-state index in [0.29, 0.717) is 19.4 Å². The molecule has 0 unspecified atom stereocenters. The fourth-order valence-corrected chi connectivity index (χ4v) is 5.32. The smallest absolute Gasteiger partial charge is 0.332 e. The number of esters is 1. The number of rotatable bonds is 7. The second kappa shape index (κ2) is 5.89. The zero-order valence-corrected chi connectivity index (χ0v) is 13.8. The van der Waals surface area contributed by atoms with Crippen LogP contribution in [0.25, 0.3) is 0 Å². The van der Waals surface area contributed by atoms with Crippen LogP contribution < -0.4 is 0 Å². The van der Waals surface area contributed by atoms with Gasteiger partial charge in [0.1, 0.15) is 0 Å². The predicted octanol–water partition coefficient (Wildman–Crippen LogP) is 1.09. The first kappa shape index (κ1) is 16.4. The van der Waals surface area contributed by atoms with E-state index in [4.69, 9.17) is 14.2 Å². The highest BCUT2D eigenvalue weighted by Gasteiger charge is 2.69. The lowest BCUT2D eigenvalue weighted by Crippen LogP contribution is -2.65. The zero-order chi connectivity index (χ0) is 16.6. The van der Waals surface area contributed by atoms with Gasteiger partial charge in [-0.3, -0.25) is 4.79 Å². The highest BCUT2D eigenvalue weighted by molar-refractivity contribution is 7.95. The van der Waals surface area contributed by atoms with Crippen LogP contribution in [0.5, 0.6) is 0 Å². The predicted molar refractivity (Wildman–Crippen MR) is 82.5 cm³/mol. The summed E-state index contributed by atoms with van der Waals surface area (Å²) in [7, 11) is -2.54. The van der Waals surface area contributed by atoms with Gasteiger partial charge in [0, 0.05) is 0 Å². The summed E-state index contributed by atoms with van der Waals surface area (Å²) in [6.45, 7) is 0.160. The van der Waals surface area contributed by atoms with Crippen molar-refractivity contribution in [2.45, 2.75) is 28.9 Å². The van der Waals surface area contributed by atoms with Crippen molar-refractivity contribution >= 4 is 15.8 Å². The topological polar surface area (TPSA) is 78.9 Å². The molecule has 1 saturated heterocycles. The van der Waals surface area contributed by atoms with Gasteiger partial charge in [0.25, 0.3) is 0 Å². The summed E-state index contributed by atoms with van der Waals surface area (Å²) in [4.78, 5) is 12.0. The number of ether oxygens (including phenoxy) is 3. The number of hydrogen-bond acceptors (Lipinski definition) is 6. The Hall–Kier alpha value is -1.44. The van der Waals surface area contributed by atoms with E-state index in [1.54, 1.807) is 0 Å². The van der Waals surface area contributed by atoms with Crippen molar-refractivity contribution in [3.8, 4) is 0 Å². The third-order valence-corrected chi connectivity index (χ3v) is 7.69. The van der Waals surface area contributed by atoms with Crippen LogP contribution in [0.4, 0.5) is 0 Å². The molecule has 2 fully saturated rings. The van der Waals surface area contributed by atoms with Crippen LogP contribution in [0.3, 0.4) is 0 Å². The Bertz CT molecular complexity index is 674. The van der Waals surface area contributed by atoms with Gasteiger partial charge in [-0.05, 0) is 18.4 Å². The van der Waals surface area contributed by atoms with Crippen molar-refractivity contribution in [3.05, 3.63) is 35.9 Å². The molecular weight excluding hydrogens is 320 g/mol. The number of benzene rings is 1. The Morgan fingerprint density at radius 2 is 1.87 bits per heavy atom. The number of methoxy groups -OCH3 is 1. The quantitative estimate of drug-likeness (QED) is 0.692. The van der Waals surface area contributed by atoms with E-state index < -0.39 is 25.3 Å². The first-order valence-electron chi connectivity index (χ1n) is 7.49. The summed E-state index contributed by atoms with van der Waals surface area (Å²) < 4.78 is 38.8. The van der Waals surface area contributed by atoms with Gasteiger partial charge in [0.05, 0.1) is 38.3 Å². The second-order valence-corrected chi connectivity index (χ2v) is 8.80. The molecular formula is C16H20O6S. The maximum Gasteiger partial charge on any atom is 0.332 e. The average Bonchev–Trinajstić information content (AvgIpc) is 3.28. The molecule has 0 bridgehead atoms. The Morgan fingerprint density at radius 3 is 2.35 bits per heavy atom. The summed E-state index contributed by atoms with van der Waals surface area (Å²) in [6.07, 6.45) is 1.01. The first-order valence-corrected chi connectivity index (χ1v) is 8.98. The molecule has 0 atom stereocenters. The van der Waals surface area contributed by atoms with Crippen LogP contribution in [-0.4, -0.2) is 50.8 Å². The van der Waals surface area contributed by atoms with E-state index in [1.165, 1.54) is 7.11 Å². The lowest BCUT2D eigenvalue weighted by atomic mass is 10.1. The van der Waals surface area contributed by atoms with Gasteiger partial charge in [-0.1, -0.05) is 30.3 Å². The molecule has 6 nitrogen and oxygen atoms in total. The molecule has 126 valence electrons. The van der Waals surface area contributed by atoms with Crippen molar-refractivity contribution in [3.63, 3.8) is 0 Å². The summed E-state index contributed by atoms with van der Waals surface area (Å²) in [5.41, 5.74) is 0.982. The minimum absolute atomic E-state index is 0.0863. The number of sulfone groups is 1. The summed E-state index contributed by atoms with van der Waals surface area (Å²) in [5, 5.41) is 0. The summed E-state index contributed by atoms with van der Waals surface area (Å²) in [6, 6.07) is 9.56. The summed E-state index contributed by atoms with van der Waals surface area (Å²) >= 11 is 0. The number of hydrogen-bond donors (Lipinski definition) is 0. The maximum atomic E-state index is 13.0. The highest BCUT2D eigenvalue weighted by atomic mass is 32.2. The fraction of sp³-hybridized carbons (Fsp3) is 0.562. The molecule has 2 aliphatic rings. The molecule has 1 heterocycles. The van der Waals surface area contributed by atoms with E-state index >= 15 is 0 Å². The highest BCUT2D eigenvalue weighted by Crippen LogP contribution is 2.50. The molecule has 7 heteroatoms.